The zero-order chi connectivity index (χ0) is 16.6. The first-order valence-electron chi connectivity index (χ1n) is 8.33. The summed E-state index contributed by atoms with van der Waals surface area (Å²) in [5.74, 6) is -0.551. The van der Waals surface area contributed by atoms with E-state index in [1.54, 1.807) is 24.3 Å². The van der Waals surface area contributed by atoms with Crippen LogP contribution in [0.25, 0.3) is 0 Å². The van der Waals surface area contributed by atoms with Crippen LogP contribution in [0.4, 0.5) is 5.69 Å². The predicted octanol–water partition coefficient (Wildman–Crippen LogP) is 2.17. The third-order valence-corrected chi connectivity index (χ3v) is 6.40. The molecule has 5 rings (SSSR count). The third kappa shape index (κ3) is 1.48. The van der Waals surface area contributed by atoms with Crippen LogP contribution in [0.2, 0.25) is 0 Å². The number of carbonyl (C=O) groups is 3. The van der Waals surface area contributed by atoms with Gasteiger partial charge in [0.15, 0.2) is 0 Å². The highest BCUT2D eigenvalue weighted by Crippen LogP contribution is 2.73. The van der Waals surface area contributed by atoms with E-state index in [0.29, 0.717) is 11.3 Å². The lowest BCUT2D eigenvalue weighted by Gasteiger charge is -2.21. The summed E-state index contributed by atoms with van der Waals surface area (Å²) in [5, 5.41) is 0. The minimum atomic E-state index is -0.435. The van der Waals surface area contributed by atoms with Gasteiger partial charge in [-0.1, -0.05) is 12.2 Å². The normalized spacial score (nSPS) is 34.1. The van der Waals surface area contributed by atoms with Crippen LogP contribution in [0.15, 0.2) is 36.4 Å². The van der Waals surface area contributed by atoms with Crippen LogP contribution in [0.3, 0.4) is 0 Å². The number of anilines is 1. The molecule has 1 aromatic carbocycles. The summed E-state index contributed by atoms with van der Waals surface area (Å²) < 4.78 is 4.68. The number of fused-ring (bicyclic) bond motifs is 3. The molecular weight excluding hydrogens is 306 g/mol. The fourth-order valence-electron chi connectivity index (χ4n) is 5.20. The zero-order valence-electron chi connectivity index (χ0n) is 13.3. The van der Waals surface area contributed by atoms with E-state index in [9.17, 15) is 14.4 Å². The van der Waals surface area contributed by atoms with Crippen LogP contribution in [-0.2, 0) is 14.3 Å². The molecule has 3 fully saturated rings. The van der Waals surface area contributed by atoms with E-state index in [2.05, 4.69) is 16.9 Å². The van der Waals surface area contributed by atoms with Crippen LogP contribution < -0.4 is 4.90 Å². The summed E-state index contributed by atoms with van der Waals surface area (Å²) >= 11 is 0. The Morgan fingerprint density at radius 3 is 2.04 bits per heavy atom. The van der Waals surface area contributed by atoms with Crippen molar-refractivity contribution in [3.05, 3.63) is 42.0 Å². The number of ether oxygens (including phenoxy) is 1. The lowest BCUT2D eigenvalue weighted by Crippen LogP contribution is -2.34. The minimum absolute atomic E-state index is 0.0843. The van der Waals surface area contributed by atoms with E-state index >= 15 is 0 Å². The number of methoxy groups -OCH3 is 1. The molecule has 4 atom stereocenters. The number of carbonyl (C=O) groups excluding carboxylic acids is 3. The summed E-state index contributed by atoms with van der Waals surface area (Å²) in [6, 6.07) is 6.47. The Balaban J connectivity index is 1.48. The molecule has 1 aliphatic heterocycles. The summed E-state index contributed by atoms with van der Waals surface area (Å²) in [6.07, 6.45) is 6.59. The van der Waals surface area contributed by atoms with Crippen LogP contribution in [0.5, 0.6) is 0 Å². The number of rotatable bonds is 2. The zero-order valence-corrected chi connectivity index (χ0v) is 13.3. The maximum atomic E-state index is 13.0. The molecule has 122 valence electrons. The van der Waals surface area contributed by atoms with Crippen molar-refractivity contribution < 1.29 is 19.1 Å². The topological polar surface area (TPSA) is 63.7 Å². The molecule has 2 saturated carbocycles. The Morgan fingerprint density at radius 1 is 1.04 bits per heavy atom. The van der Waals surface area contributed by atoms with Crippen molar-refractivity contribution in [1.29, 1.82) is 0 Å². The van der Waals surface area contributed by atoms with Gasteiger partial charge in [-0.2, -0.15) is 0 Å². The van der Waals surface area contributed by atoms with Gasteiger partial charge in [-0.15, -0.1) is 0 Å². The highest BCUT2D eigenvalue weighted by molar-refractivity contribution is 6.23. The fraction of sp³-hybridized carbons (Fsp3) is 0.421. The lowest BCUT2D eigenvalue weighted by atomic mass is 9.85. The van der Waals surface area contributed by atoms with Crippen LogP contribution >= 0.6 is 0 Å². The molecule has 1 aromatic rings. The molecule has 0 N–H and O–H groups in total. The van der Waals surface area contributed by atoms with Gasteiger partial charge < -0.3 is 4.74 Å². The van der Waals surface area contributed by atoms with Crippen LogP contribution in [0.1, 0.15) is 23.2 Å². The molecule has 5 heteroatoms. The maximum Gasteiger partial charge on any atom is 0.337 e. The van der Waals surface area contributed by atoms with E-state index < -0.39 is 5.97 Å². The van der Waals surface area contributed by atoms with Crippen molar-refractivity contribution in [3.8, 4) is 0 Å². The van der Waals surface area contributed by atoms with Gasteiger partial charge in [-0.05, 0) is 54.4 Å². The second-order valence-electron chi connectivity index (χ2n) is 7.27. The highest BCUT2D eigenvalue weighted by Gasteiger charge is 2.73. The summed E-state index contributed by atoms with van der Waals surface area (Å²) in [7, 11) is 1.32. The molecule has 2 amide bonds. The van der Waals surface area contributed by atoms with E-state index in [-0.39, 0.29) is 40.9 Å². The average Bonchev–Trinajstić information content (AvgIpc) is 3.20. The van der Waals surface area contributed by atoms with Crippen LogP contribution in [-0.4, -0.2) is 24.9 Å². The molecule has 1 spiro atoms. The van der Waals surface area contributed by atoms with Gasteiger partial charge in [-0.3, -0.25) is 14.5 Å². The number of allylic oxidation sites excluding steroid dienone is 2. The van der Waals surface area contributed by atoms with Crippen molar-refractivity contribution >= 4 is 23.5 Å². The second kappa shape index (κ2) is 4.35. The Labute approximate surface area is 139 Å². The number of nitrogens with zero attached hydrogens (tertiary/aromatic N) is 1. The van der Waals surface area contributed by atoms with Crippen molar-refractivity contribution in [1.82, 2.24) is 0 Å². The molecule has 0 radical (unpaired) electrons. The number of imide groups is 1. The first-order chi connectivity index (χ1) is 11.6. The molecular formula is C19H17NO4. The fourth-order valence-corrected chi connectivity index (χ4v) is 5.20. The van der Waals surface area contributed by atoms with Gasteiger partial charge in [-0.25, -0.2) is 4.79 Å². The van der Waals surface area contributed by atoms with Gasteiger partial charge in [0, 0.05) is 0 Å². The number of benzene rings is 1. The Morgan fingerprint density at radius 2 is 1.58 bits per heavy atom. The molecule has 4 aliphatic rings. The molecule has 0 unspecified atom stereocenters. The van der Waals surface area contributed by atoms with Gasteiger partial charge >= 0.3 is 5.97 Å². The molecule has 1 saturated heterocycles. The Bertz CT molecular complexity index is 771. The standard InChI is InChI=1S/C19H17NO4/c1-24-18(23)10-2-4-11(5-3-10)20-16(21)14-12-6-7-13(15(14)17(20)22)19(12)8-9-19/h2-7,12-15H,8-9H2,1H3/t12-,13-,14-,15+/m0/s1. The Kier molecular flexibility index (Phi) is 2.53. The van der Waals surface area contributed by atoms with Crippen molar-refractivity contribution in [3.63, 3.8) is 0 Å². The Hall–Kier alpha value is -2.43. The van der Waals surface area contributed by atoms with Crippen molar-refractivity contribution in [2.45, 2.75) is 12.8 Å². The molecule has 2 bridgehead atoms. The van der Waals surface area contributed by atoms with Gasteiger partial charge in [0.2, 0.25) is 11.8 Å². The molecule has 5 nitrogen and oxygen atoms in total. The SMILES string of the molecule is COC(=O)c1ccc(N2C(=O)[C@@H]3[C@H](C2=O)[C@@H]2C=C[C@@H]3C23CC3)cc1. The number of hydrogen-bond donors (Lipinski definition) is 0. The molecule has 24 heavy (non-hydrogen) atoms. The van der Waals surface area contributed by atoms with E-state index in [4.69, 9.17) is 0 Å². The van der Waals surface area contributed by atoms with Crippen molar-refractivity contribution in [2.75, 3.05) is 12.0 Å². The lowest BCUT2D eigenvalue weighted by molar-refractivity contribution is -0.123. The maximum absolute atomic E-state index is 13.0. The smallest absolute Gasteiger partial charge is 0.337 e. The van der Waals surface area contributed by atoms with Crippen LogP contribution in [0, 0.1) is 29.1 Å². The number of esters is 1. The minimum Gasteiger partial charge on any atom is -0.465 e. The largest absolute Gasteiger partial charge is 0.465 e. The van der Waals surface area contributed by atoms with Gasteiger partial charge in [0.1, 0.15) is 0 Å². The number of amides is 2. The third-order valence-electron chi connectivity index (χ3n) is 6.40. The molecule has 0 aromatic heterocycles. The predicted molar refractivity (Wildman–Crippen MR) is 85.0 cm³/mol. The summed E-state index contributed by atoms with van der Waals surface area (Å²) in [5.41, 5.74) is 1.15. The quantitative estimate of drug-likeness (QED) is 0.475. The summed E-state index contributed by atoms with van der Waals surface area (Å²) in [6.45, 7) is 0. The van der Waals surface area contributed by atoms with Crippen molar-refractivity contribution in [2.24, 2.45) is 29.1 Å². The number of hydrogen-bond acceptors (Lipinski definition) is 4. The van der Waals surface area contributed by atoms with E-state index in [0.717, 1.165) is 12.8 Å². The first kappa shape index (κ1) is 14.0. The second-order valence-corrected chi connectivity index (χ2v) is 7.27. The molecule has 1 heterocycles. The van der Waals surface area contributed by atoms with Gasteiger partial charge in [0.05, 0.1) is 30.2 Å². The van der Waals surface area contributed by atoms with Gasteiger partial charge in [0.25, 0.3) is 0 Å². The highest BCUT2D eigenvalue weighted by atomic mass is 16.5. The molecule has 3 aliphatic carbocycles. The monoisotopic (exact) mass is 323 g/mol. The summed E-state index contributed by atoms with van der Waals surface area (Å²) in [4.78, 5) is 38.8. The van der Waals surface area contributed by atoms with E-state index in [1.807, 2.05) is 0 Å². The van der Waals surface area contributed by atoms with E-state index in [1.165, 1.54) is 12.0 Å². The first-order valence-corrected chi connectivity index (χ1v) is 8.33. The average molecular weight is 323 g/mol.